The lowest BCUT2D eigenvalue weighted by Crippen LogP contribution is -2.45. The van der Waals surface area contributed by atoms with Crippen molar-refractivity contribution in [2.45, 2.75) is 37.6 Å². The molecule has 0 spiro atoms. The number of likely N-dealkylation sites (tertiary alicyclic amines) is 1. The Morgan fingerprint density at radius 3 is 2.27 bits per heavy atom. The van der Waals surface area contributed by atoms with Crippen LogP contribution in [0.2, 0.25) is 0 Å². The molecule has 2 fully saturated rings. The van der Waals surface area contributed by atoms with Gasteiger partial charge in [0.15, 0.2) is 0 Å². The van der Waals surface area contributed by atoms with Gasteiger partial charge in [-0.2, -0.15) is 0 Å². The topological polar surface area (TPSA) is 95.9 Å². The molecule has 0 radical (unpaired) electrons. The first-order chi connectivity index (χ1) is 16.0. The quantitative estimate of drug-likeness (QED) is 0.728. The number of nitrogens with zero attached hydrogens (tertiary/aromatic N) is 1. The minimum Gasteiger partial charge on any atom is -0.481 e. The van der Waals surface area contributed by atoms with Gasteiger partial charge in [0.25, 0.3) is 0 Å². The second-order valence-corrected chi connectivity index (χ2v) is 9.22. The van der Waals surface area contributed by atoms with Crippen LogP contribution in [0.5, 0.6) is 0 Å². The molecular weight excluding hydrogens is 420 g/mol. The van der Waals surface area contributed by atoms with Crippen molar-refractivity contribution in [3.63, 3.8) is 0 Å². The lowest BCUT2D eigenvalue weighted by atomic mass is 9.98. The molecule has 3 aliphatic rings. The molecule has 2 N–H and O–H groups in total. The third-order valence-electron chi connectivity index (χ3n) is 7.33. The number of carbonyl (C=O) groups excluding carboxylic acids is 2. The Kier molecular flexibility index (Phi) is 5.79. The minimum atomic E-state index is -0.856. The molecule has 2 aliphatic carbocycles. The lowest BCUT2D eigenvalue weighted by molar-refractivity contribution is -0.141. The van der Waals surface area contributed by atoms with E-state index < -0.39 is 18.0 Å². The van der Waals surface area contributed by atoms with Crippen molar-refractivity contribution in [2.75, 3.05) is 19.7 Å². The molecule has 0 bridgehead atoms. The second-order valence-electron chi connectivity index (χ2n) is 9.22. The van der Waals surface area contributed by atoms with E-state index in [-0.39, 0.29) is 36.9 Å². The zero-order chi connectivity index (χ0) is 22.9. The standard InChI is InChI=1S/C26H28N2O5/c29-24(28-13-12-16(14-28)25(30)31)21-10-5-11-23(21)27-26(32)33-15-22-19-8-3-1-6-17(19)18-7-2-4-9-20(18)22/h1-4,6-9,16,21-23H,5,10-15H2,(H,27,32)(H,30,31)/t16?,21-,23+/m1/s1. The number of ether oxygens (including phenoxy) is 1. The van der Waals surface area contributed by atoms with Crippen LogP contribution >= 0.6 is 0 Å². The average molecular weight is 449 g/mol. The number of carboxylic acid groups (broad SMARTS) is 1. The van der Waals surface area contributed by atoms with Crippen molar-refractivity contribution in [2.24, 2.45) is 11.8 Å². The van der Waals surface area contributed by atoms with Crippen LogP contribution < -0.4 is 5.32 Å². The largest absolute Gasteiger partial charge is 0.481 e. The average Bonchev–Trinajstić information content (AvgIpc) is 3.55. The van der Waals surface area contributed by atoms with Gasteiger partial charge in [-0.25, -0.2) is 4.79 Å². The summed E-state index contributed by atoms with van der Waals surface area (Å²) in [6.07, 6.45) is 2.24. The van der Waals surface area contributed by atoms with E-state index >= 15 is 0 Å². The zero-order valence-electron chi connectivity index (χ0n) is 18.4. The number of aliphatic carboxylic acids is 1. The smallest absolute Gasteiger partial charge is 0.407 e. The molecule has 1 heterocycles. The highest BCUT2D eigenvalue weighted by molar-refractivity contribution is 5.83. The van der Waals surface area contributed by atoms with Gasteiger partial charge >= 0.3 is 12.1 Å². The molecule has 33 heavy (non-hydrogen) atoms. The Bertz CT molecular complexity index is 1040. The van der Waals surface area contributed by atoms with Gasteiger partial charge in [-0.15, -0.1) is 0 Å². The molecule has 1 unspecified atom stereocenters. The van der Waals surface area contributed by atoms with Crippen molar-refractivity contribution in [1.29, 1.82) is 0 Å². The maximum atomic E-state index is 13.0. The number of hydrogen-bond donors (Lipinski definition) is 2. The lowest BCUT2D eigenvalue weighted by Gasteiger charge is -2.25. The SMILES string of the molecule is O=C(N[C@H]1CCC[C@H]1C(=O)N1CCC(C(=O)O)C1)OCC1c2ccccc2-c2ccccc21. The molecule has 1 saturated heterocycles. The Balaban J connectivity index is 1.20. The predicted octanol–water partition coefficient (Wildman–Crippen LogP) is 3.63. The third kappa shape index (κ3) is 4.08. The number of rotatable bonds is 5. The number of benzene rings is 2. The van der Waals surface area contributed by atoms with E-state index in [4.69, 9.17) is 4.74 Å². The maximum Gasteiger partial charge on any atom is 0.407 e. The molecule has 7 heteroatoms. The fourth-order valence-electron chi connectivity index (χ4n) is 5.62. The summed E-state index contributed by atoms with van der Waals surface area (Å²) in [5.41, 5.74) is 4.66. The van der Waals surface area contributed by atoms with Crippen molar-refractivity contribution < 1.29 is 24.2 Å². The van der Waals surface area contributed by atoms with E-state index in [9.17, 15) is 19.5 Å². The molecule has 2 aromatic carbocycles. The molecule has 2 amide bonds. The molecule has 1 saturated carbocycles. The van der Waals surface area contributed by atoms with Crippen LogP contribution in [0.4, 0.5) is 4.79 Å². The Morgan fingerprint density at radius 2 is 1.64 bits per heavy atom. The van der Waals surface area contributed by atoms with Crippen molar-refractivity contribution >= 4 is 18.0 Å². The van der Waals surface area contributed by atoms with E-state index in [1.165, 1.54) is 11.1 Å². The summed E-state index contributed by atoms with van der Waals surface area (Å²) in [4.78, 5) is 38.5. The molecule has 1 aliphatic heterocycles. The van der Waals surface area contributed by atoms with Crippen LogP contribution in [0.1, 0.15) is 42.7 Å². The summed E-state index contributed by atoms with van der Waals surface area (Å²) in [6, 6.07) is 16.1. The van der Waals surface area contributed by atoms with Crippen molar-refractivity contribution in [3.8, 4) is 11.1 Å². The fraction of sp³-hybridized carbons (Fsp3) is 0.423. The molecule has 3 atom stereocenters. The molecular formula is C26H28N2O5. The van der Waals surface area contributed by atoms with Crippen molar-refractivity contribution in [3.05, 3.63) is 59.7 Å². The van der Waals surface area contributed by atoms with Crippen LogP contribution in [0.15, 0.2) is 48.5 Å². The van der Waals surface area contributed by atoms with E-state index in [1.807, 2.05) is 24.3 Å². The van der Waals surface area contributed by atoms with E-state index in [0.29, 0.717) is 19.4 Å². The number of alkyl carbamates (subject to hydrolysis) is 1. The van der Waals surface area contributed by atoms with Gasteiger partial charge in [-0.3, -0.25) is 9.59 Å². The summed E-state index contributed by atoms with van der Waals surface area (Å²) in [5, 5.41) is 12.1. The normalized spacial score (nSPS) is 23.8. The van der Waals surface area contributed by atoms with Gasteiger partial charge in [-0.1, -0.05) is 55.0 Å². The monoisotopic (exact) mass is 448 g/mol. The molecule has 0 aromatic heterocycles. The minimum absolute atomic E-state index is 0.0123. The summed E-state index contributed by atoms with van der Waals surface area (Å²) in [6.45, 7) is 0.948. The number of fused-ring (bicyclic) bond motifs is 3. The fourth-order valence-corrected chi connectivity index (χ4v) is 5.62. The number of nitrogens with one attached hydrogen (secondary N) is 1. The second kappa shape index (κ2) is 8.89. The van der Waals surface area contributed by atoms with Crippen LogP contribution in [0, 0.1) is 11.8 Å². The molecule has 2 aromatic rings. The highest BCUT2D eigenvalue weighted by Crippen LogP contribution is 2.44. The van der Waals surface area contributed by atoms with Crippen LogP contribution in [-0.2, 0) is 14.3 Å². The molecule has 172 valence electrons. The van der Waals surface area contributed by atoms with Gasteiger partial charge in [0.05, 0.1) is 11.8 Å². The van der Waals surface area contributed by atoms with E-state index in [0.717, 1.165) is 24.0 Å². The van der Waals surface area contributed by atoms with Gasteiger partial charge in [-0.05, 0) is 41.5 Å². The molecule has 7 nitrogen and oxygen atoms in total. The van der Waals surface area contributed by atoms with Crippen LogP contribution in [-0.4, -0.2) is 53.7 Å². The van der Waals surface area contributed by atoms with Gasteiger partial charge < -0.3 is 20.1 Å². The first-order valence-electron chi connectivity index (χ1n) is 11.7. The maximum absolute atomic E-state index is 13.0. The molecule has 5 rings (SSSR count). The van der Waals surface area contributed by atoms with Crippen LogP contribution in [0.25, 0.3) is 11.1 Å². The third-order valence-corrected chi connectivity index (χ3v) is 7.33. The van der Waals surface area contributed by atoms with Gasteiger partial charge in [0, 0.05) is 25.0 Å². The summed E-state index contributed by atoms with van der Waals surface area (Å²) >= 11 is 0. The highest BCUT2D eigenvalue weighted by Gasteiger charge is 2.40. The Morgan fingerprint density at radius 1 is 0.970 bits per heavy atom. The summed E-state index contributed by atoms with van der Waals surface area (Å²) in [5.74, 6) is -1.74. The Labute approximate surface area is 192 Å². The summed E-state index contributed by atoms with van der Waals surface area (Å²) < 4.78 is 5.65. The first-order valence-corrected chi connectivity index (χ1v) is 11.7. The van der Waals surface area contributed by atoms with Crippen molar-refractivity contribution in [1.82, 2.24) is 10.2 Å². The number of carboxylic acids is 1. The predicted molar refractivity (Wildman–Crippen MR) is 122 cm³/mol. The first kappa shape index (κ1) is 21.5. The number of hydrogen-bond acceptors (Lipinski definition) is 4. The number of carbonyl (C=O) groups is 3. The zero-order valence-corrected chi connectivity index (χ0v) is 18.4. The van der Waals surface area contributed by atoms with Gasteiger partial charge in [0.2, 0.25) is 5.91 Å². The van der Waals surface area contributed by atoms with Gasteiger partial charge in [0.1, 0.15) is 6.61 Å². The van der Waals surface area contributed by atoms with E-state index in [2.05, 4.69) is 29.6 Å². The summed E-state index contributed by atoms with van der Waals surface area (Å²) in [7, 11) is 0. The highest BCUT2D eigenvalue weighted by atomic mass is 16.5. The van der Waals surface area contributed by atoms with E-state index in [1.54, 1.807) is 4.90 Å². The Hall–Kier alpha value is -3.35. The number of amides is 2. The van der Waals surface area contributed by atoms with Crippen LogP contribution in [0.3, 0.4) is 0 Å².